The van der Waals surface area contributed by atoms with Crippen molar-refractivity contribution in [3.8, 4) is 0 Å². The van der Waals surface area contributed by atoms with E-state index in [1.807, 2.05) is 6.92 Å². The van der Waals surface area contributed by atoms with Crippen LogP contribution in [0.3, 0.4) is 0 Å². The zero-order valence-corrected chi connectivity index (χ0v) is 19.2. The van der Waals surface area contributed by atoms with E-state index >= 15 is 0 Å². The van der Waals surface area contributed by atoms with Crippen molar-refractivity contribution in [2.24, 2.45) is 11.7 Å². The van der Waals surface area contributed by atoms with Gasteiger partial charge in [-0.1, -0.05) is 20.3 Å². The van der Waals surface area contributed by atoms with Gasteiger partial charge in [-0.05, 0) is 18.8 Å². The Kier molecular flexibility index (Phi) is 9.54. The summed E-state index contributed by atoms with van der Waals surface area (Å²) in [5.41, 5.74) is 6.40. The van der Waals surface area contributed by atoms with Crippen molar-refractivity contribution < 1.29 is 34.2 Å². The summed E-state index contributed by atoms with van der Waals surface area (Å²) >= 11 is 0. The minimum atomic E-state index is -1.48. The van der Waals surface area contributed by atoms with Crippen molar-refractivity contribution in [3.63, 3.8) is 0 Å². The number of likely N-dealkylation sites (tertiary alicyclic amines) is 1. The Morgan fingerprint density at radius 1 is 1.21 bits per heavy atom. The molecule has 7 N–H and O–H groups in total. The number of hydrogen-bond acceptors (Lipinski definition) is 7. The fourth-order valence-electron chi connectivity index (χ4n) is 3.74. The molecule has 1 aliphatic rings. The van der Waals surface area contributed by atoms with Crippen LogP contribution >= 0.6 is 0 Å². The summed E-state index contributed by atoms with van der Waals surface area (Å²) in [5.74, 6) is -4.88. The number of nitrogens with two attached hydrogens (primary N) is 1. The molecule has 1 saturated heterocycles. The topological polar surface area (TPSA) is 208 Å². The van der Waals surface area contributed by atoms with Gasteiger partial charge in [0.15, 0.2) is 0 Å². The highest BCUT2D eigenvalue weighted by Crippen LogP contribution is 2.19. The van der Waals surface area contributed by atoms with E-state index in [2.05, 4.69) is 20.6 Å². The van der Waals surface area contributed by atoms with Gasteiger partial charge in [-0.15, -0.1) is 0 Å². The summed E-state index contributed by atoms with van der Waals surface area (Å²) in [4.78, 5) is 69.5. The highest BCUT2D eigenvalue weighted by atomic mass is 16.4. The lowest BCUT2D eigenvalue weighted by molar-refractivity contribution is -0.149. The van der Waals surface area contributed by atoms with Crippen molar-refractivity contribution in [1.29, 1.82) is 0 Å². The number of aliphatic carboxylic acids is 2. The smallest absolute Gasteiger partial charge is 0.326 e. The first-order valence-electron chi connectivity index (χ1n) is 11.1. The molecular formula is C21H32N6O7. The second kappa shape index (κ2) is 12.1. The van der Waals surface area contributed by atoms with E-state index in [0.717, 1.165) is 0 Å². The van der Waals surface area contributed by atoms with Gasteiger partial charge < -0.3 is 36.5 Å². The normalized spacial score (nSPS) is 19.0. The number of hydrogen-bond donors (Lipinski definition) is 6. The molecule has 5 atom stereocenters. The van der Waals surface area contributed by atoms with E-state index in [-0.39, 0.29) is 25.3 Å². The predicted octanol–water partition coefficient (Wildman–Crippen LogP) is -1.15. The van der Waals surface area contributed by atoms with E-state index in [9.17, 15) is 34.2 Å². The van der Waals surface area contributed by atoms with Crippen molar-refractivity contribution >= 4 is 29.7 Å². The highest BCUT2D eigenvalue weighted by Gasteiger charge is 2.39. The first-order valence-corrected chi connectivity index (χ1v) is 11.1. The zero-order valence-electron chi connectivity index (χ0n) is 19.2. The third-order valence-electron chi connectivity index (χ3n) is 5.99. The Morgan fingerprint density at radius 3 is 2.44 bits per heavy atom. The number of carboxylic acids is 2. The van der Waals surface area contributed by atoms with Gasteiger partial charge in [0.1, 0.15) is 18.1 Å². The number of amides is 3. The number of H-pyrrole nitrogens is 1. The number of aromatic amines is 1. The molecule has 2 rings (SSSR count). The van der Waals surface area contributed by atoms with Crippen LogP contribution in [0.2, 0.25) is 0 Å². The molecule has 0 aliphatic carbocycles. The van der Waals surface area contributed by atoms with Crippen LogP contribution in [0, 0.1) is 5.92 Å². The first-order chi connectivity index (χ1) is 16.0. The van der Waals surface area contributed by atoms with Gasteiger partial charge in [-0.3, -0.25) is 19.2 Å². The predicted molar refractivity (Wildman–Crippen MR) is 118 cm³/mol. The number of carbonyl (C=O) groups is 5. The Bertz CT molecular complexity index is 890. The van der Waals surface area contributed by atoms with E-state index in [1.54, 1.807) is 6.92 Å². The third kappa shape index (κ3) is 7.01. The molecule has 188 valence electrons. The molecule has 2 heterocycles. The molecule has 1 fully saturated rings. The molecule has 1 aromatic heterocycles. The van der Waals surface area contributed by atoms with Crippen LogP contribution in [-0.2, 0) is 30.4 Å². The maximum atomic E-state index is 13.2. The second-order valence-electron chi connectivity index (χ2n) is 8.44. The largest absolute Gasteiger partial charge is 0.481 e. The fourth-order valence-corrected chi connectivity index (χ4v) is 3.74. The van der Waals surface area contributed by atoms with Crippen LogP contribution in [0.25, 0.3) is 0 Å². The Balaban J connectivity index is 2.22. The number of carboxylic acid groups (broad SMARTS) is 2. The van der Waals surface area contributed by atoms with Gasteiger partial charge in [-0.2, -0.15) is 0 Å². The number of carbonyl (C=O) groups excluding carboxylic acids is 3. The Labute approximate surface area is 196 Å². The molecule has 13 heteroatoms. The molecular weight excluding hydrogens is 448 g/mol. The van der Waals surface area contributed by atoms with E-state index in [1.165, 1.54) is 17.4 Å². The van der Waals surface area contributed by atoms with Crippen LogP contribution in [0.1, 0.15) is 45.2 Å². The van der Waals surface area contributed by atoms with Crippen molar-refractivity contribution in [3.05, 3.63) is 18.2 Å². The first kappa shape index (κ1) is 26.8. The van der Waals surface area contributed by atoms with Crippen molar-refractivity contribution in [2.45, 2.75) is 70.1 Å². The van der Waals surface area contributed by atoms with Gasteiger partial charge >= 0.3 is 11.9 Å². The number of rotatable bonds is 12. The minimum Gasteiger partial charge on any atom is -0.481 e. The monoisotopic (exact) mass is 480 g/mol. The molecule has 1 aliphatic heterocycles. The van der Waals surface area contributed by atoms with Crippen LogP contribution in [0.4, 0.5) is 0 Å². The summed E-state index contributed by atoms with van der Waals surface area (Å²) < 4.78 is 0. The Morgan fingerprint density at radius 2 is 1.88 bits per heavy atom. The quantitative estimate of drug-likeness (QED) is 0.213. The molecule has 0 aromatic carbocycles. The van der Waals surface area contributed by atoms with Gasteiger partial charge in [0.25, 0.3) is 0 Å². The number of imidazole rings is 1. The van der Waals surface area contributed by atoms with Crippen molar-refractivity contribution in [1.82, 2.24) is 25.5 Å². The van der Waals surface area contributed by atoms with E-state index in [0.29, 0.717) is 18.5 Å². The molecule has 0 radical (unpaired) electrons. The van der Waals surface area contributed by atoms with Crippen LogP contribution in [0.15, 0.2) is 12.5 Å². The SMILES string of the molecule is CCC(C)C(N)C(=O)NC(CC(=O)O)C(=O)NC(Cc1cnc[nH]1)C(=O)N1CCCC1C(=O)O. The molecule has 0 spiro atoms. The molecule has 34 heavy (non-hydrogen) atoms. The molecule has 0 saturated carbocycles. The molecule has 1 aromatic rings. The van der Waals surface area contributed by atoms with Gasteiger partial charge in [-0.25, -0.2) is 9.78 Å². The van der Waals surface area contributed by atoms with E-state index < -0.39 is 60.2 Å². The minimum absolute atomic E-state index is 0.0342. The zero-order chi connectivity index (χ0) is 25.4. The number of aromatic nitrogens is 2. The molecule has 5 unspecified atom stereocenters. The summed E-state index contributed by atoms with van der Waals surface area (Å²) in [7, 11) is 0. The maximum absolute atomic E-state index is 13.2. The van der Waals surface area contributed by atoms with Gasteiger partial charge in [0.2, 0.25) is 17.7 Å². The molecule has 0 bridgehead atoms. The summed E-state index contributed by atoms with van der Waals surface area (Å²) in [5, 5.41) is 23.5. The van der Waals surface area contributed by atoms with Gasteiger partial charge in [0, 0.05) is 24.9 Å². The van der Waals surface area contributed by atoms with Crippen LogP contribution in [-0.4, -0.2) is 85.5 Å². The average Bonchev–Trinajstić information content (AvgIpc) is 3.48. The number of nitrogens with one attached hydrogen (secondary N) is 3. The highest BCUT2D eigenvalue weighted by molar-refractivity contribution is 5.96. The molecule has 3 amide bonds. The lowest BCUT2D eigenvalue weighted by Crippen LogP contribution is -2.58. The Hall–Kier alpha value is -3.48. The van der Waals surface area contributed by atoms with Crippen molar-refractivity contribution in [2.75, 3.05) is 6.54 Å². The lowest BCUT2D eigenvalue weighted by Gasteiger charge is -2.28. The summed E-state index contributed by atoms with van der Waals surface area (Å²) in [6, 6.07) is -4.65. The second-order valence-corrected chi connectivity index (χ2v) is 8.44. The fraction of sp³-hybridized carbons (Fsp3) is 0.619. The lowest BCUT2D eigenvalue weighted by atomic mass is 9.99. The summed E-state index contributed by atoms with van der Waals surface area (Å²) in [6.45, 7) is 3.81. The van der Waals surface area contributed by atoms with Gasteiger partial charge in [0.05, 0.1) is 18.8 Å². The maximum Gasteiger partial charge on any atom is 0.326 e. The molecule has 13 nitrogen and oxygen atoms in total. The number of nitrogens with zero attached hydrogens (tertiary/aromatic N) is 2. The van der Waals surface area contributed by atoms with Crippen LogP contribution in [0.5, 0.6) is 0 Å². The van der Waals surface area contributed by atoms with Crippen LogP contribution < -0.4 is 16.4 Å². The average molecular weight is 481 g/mol. The van der Waals surface area contributed by atoms with E-state index in [4.69, 9.17) is 5.73 Å². The summed E-state index contributed by atoms with van der Waals surface area (Å²) in [6.07, 6.45) is 3.47. The standard InChI is InChI=1S/C21H32N6O7/c1-3-11(2)17(22)19(31)25-13(8-16(28)29)18(30)26-14(7-12-9-23-10-24-12)20(32)27-6-4-5-15(27)21(33)34/h9-11,13-15,17H,3-8,22H2,1-2H3,(H,23,24)(H,25,31)(H,26,30)(H,28,29)(H,33,34). The third-order valence-corrected chi connectivity index (χ3v) is 5.99.